The molecule has 0 spiro atoms. The minimum atomic E-state index is 0.220. The van der Waals surface area contributed by atoms with Gasteiger partial charge in [-0.3, -0.25) is 4.79 Å². The first-order chi connectivity index (χ1) is 7.24. The molecule has 88 valence electrons. The van der Waals surface area contributed by atoms with Crippen molar-refractivity contribution < 1.29 is 4.79 Å². The third kappa shape index (κ3) is 4.98. The Morgan fingerprint density at radius 3 is 2.67 bits per heavy atom. The van der Waals surface area contributed by atoms with Crippen molar-refractivity contribution in [2.24, 2.45) is 0 Å². The van der Waals surface area contributed by atoms with Crippen LogP contribution in [-0.4, -0.2) is 53.8 Å². The van der Waals surface area contributed by atoms with Gasteiger partial charge in [0.15, 0.2) is 0 Å². The van der Waals surface area contributed by atoms with E-state index in [1.54, 1.807) is 6.92 Å². The van der Waals surface area contributed by atoms with Gasteiger partial charge in [0.1, 0.15) is 0 Å². The summed E-state index contributed by atoms with van der Waals surface area (Å²) in [5.41, 5.74) is 0. The predicted octanol–water partition coefficient (Wildman–Crippen LogP) is 1.72. The van der Waals surface area contributed by atoms with Crippen molar-refractivity contribution in [1.29, 1.82) is 0 Å². The molecule has 4 heteroatoms. The van der Waals surface area contributed by atoms with Gasteiger partial charge in [0, 0.05) is 31.9 Å². The molecule has 0 unspecified atom stereocenters. The quantitative estimate of drug-likeness (QED) is 0.577. The van der Waals surface area contributed by atoms with Crippen LogP contribution in [0.4, 0.5) is 0 Å². The van der Waals surface area contributed by atoms with Crippen molar-refractivity contribution in [2.75, 3.05) is 38.1 Å². The number of carbonyl (C=O) groups is 1. The summed E-state index contributed by atoms with van der Waals surface area (Å²) in [6, 6.07) is 0. The van der Waals surface area contributed by atoms with E-state index in [1.165, 1.54) is 19.4 Å². The molecule has 0 aromatic carbocycles. The van der Waals surface area contributed by atoms with Crippen LogP contribution in [0.5, 0.6) is 0 Å². The lowest BCUT2D eigenvalue weighted by Crippen LogP contribution is -2.33. The van der Waals surface area contributed by atoms with Crippen LogP contribution in [0.2, 0.25) is 0 Å². The third-order valence-corrected chi connectivity index (χ3v) is 3.45. The highest BCUT2D eigenvalue weighted by Gasteiger charge is 2.15. The molecule has 0 bridgehead atoms. The molecule has 0 radical (unpaired) electrons. The van der Waals surface area contributed by atoms with Gasteiger partial charge in [-0.05, 0) is 32.4 Å². The monoisotopic (exact) mass is 276 g/mol. The molecule has 0 aromatic rings. The highest BCUT2D eigenvalue weighted by atomic mass is 79.9. The molecule has 1 rings (SSSR count). The molecule has 0 aliphatic carbocycles. The van der Waals surface area contributed by atoms with Crippen LogP contribution < -0.4 is 0 Å². The van der Waals surface area contributed by atoms with E-state index in [0.717, 1.165) is 37.9 Å². The normalized spacial score (nSPS) is 18.9. The van der Waals surface area contributed by atoms with E-state index in [-0.39, 0.29) is 5.91 Å². The lowest BCUT2D eigenvalue weighted by molar-refractivity contribution is -0.128. The van der Waals surface area contributed by atoms with Crippen LogP contribution in [0.3, 0.4) is 0 Å². The number of amides is 1. The number of hydrogen-bond acceptors (Lipinski definition) is 2. The molecule has 0 saturated carbocycles. The van der Waals surface area contributed by atoms with Crippen LogP contribution in [0.15, 0.2) is 0 Å². The van der Waals surface area contributed by atoms with Crippen molar-refractivity contribution >= 4 is 21.8 Å². The number of rotatable bonds is 4. The zero-order valence-corrected chi connectivity index (χ0v) is 11.1. The van der Waals surface area contributed by atoms with Crippen LogP contribution in [0.25, 0.3) is 0 Å². The molecular weight excluding hydrogens is 256 g/mol. The maximum Gasteiger partial charge on any atom is 0.219 e. The number of carbonyl (C=O) groups excluding carboxylic acids is 1. The van der Waals surface area contributed by atoms with E-state index in [4.69, 9.17) is 0 Å². The Kier molecular flexibility index (Phi) is 6.25. The second-order valence-corrected chi connectivity index (χ2v) is 4.89. The first kappa shape index (κ1) is 13.0. The fourth-order valence-electron chi connectivity index (χ4n) is 1.94. The van der Waals surface area contributed by atoms with Crippen LogP contribution >= 0.6 is 15.9 Å². The van der Waals surface area contributed by atoms with Crippen LogP contribution in [-0.2, 0) is 4.79 Å². The fraction of sp³-hybridized carbons (Fsp3) is 0.909. The Morgan fingerprint density at radius 2 is 2.00 bits per heavy atom. The number of unbranched alkanes of at least 4 members (excludes halogenated alkanes) is 1. The first-order valence-corrected chi connectivity index (χ1v) is 6.90. The summed E-state index contributed by atoms with van der Waals surface area (Å²) >= 11 is 3.45. The average molecular weight is 277 g/mol. The molecule has 15 heavy (non-hydrogen) atoms. The standard InChI is InChI=1S/C11H21BrN2O/c1-11(15)14-8-4-7-13(9-10-14)6-3-2-5-12/h2-10H2,1H3. The Hall–Kier alpha value is -0.0900. The zero-order valence-electron chi connectivity index (χ0n) is 9.54. The summed E-state index contributed by atoms with van der Waals surface area (Å²) in [5, 5.41) is 1.10. The first-order valence-electron chi connectivity index (χ1n) is 5.78. The lowest BCUT2D eigenvalue weighted by atomic mass is 10.3. The van der Waals surface area contributed by atoms with Crippen molar-refractivity contribution in [3.8, 4) is 0 Å². The molecule has 1 amide bonds. The van der Waals surface area contributed by atoms with E-state index in [2.05, 4.69) is 20.8 Å². The van der Waals surface area contributed by atoms with Gasteiger partial charge in [0.2, 0.25) is 5.91 Å². The van der Waals surface area contributed by atoms with E-state index < -0.39 is 0 Å². The molecule has 0 aromatic heterocycles. The van der Waals surface area contributed by atoms with E-state index in [0.29, 0.717) is 0 Å². The zero-order chi connectivity index (χ0) is 11.1. The van der Waals surface area contributed by atoms with E-state index in [9.17, 15) is 4.79 Å². The summed E-state index contributed by atoms with van der Waals surface area (Å²) in [5.74, 6) is 0.220. The van der Waals surface area contributed by atoms with Crippen molar-refractivity contribution in [3.63, 3.8) is 0 Å². The van der Waals surface area contributed by atoms with E-state index in [1.807, 2.05) is 4.90 Å². The number of nitrogens with zero attached hydrogens (tertiary/aromatic N) is 2. The van der Waals surface area contributed by atoms with Crippen molar-refractivity contribution in [1.82, 2.24) is 9.80 Å². The summed E-state index contributed by atoms with van der Waals surface area (Å²) in [6.07, 6.45) is 3.62. The molecule has 1 aliphatic rings. The van der Waals surface area contributed by atoms with Crippen LogP contribution in [0.1, 0.15) is 26.2 Å². The van der Waals surface area contributed by atoms with Gasteiger partial charge in [-0.2, -0.15) is 0 Å². The molecule has 1 aliphatic heterocycles. The molecule has 1 saturated heterocycles. The molecule has 0 N–H and O–H groups in total. The van der Waals surface area contributed by atoms with Gasteiger partial charge in [0.25, 0.3) is 0 Å². The third-order valence-electron chi connectivity index (χ3n) is 2.89. The SMILES string of the molecule is CC(=O)N1CCCN(CCCCBr)CC1. The Labute approximate surface area is 101 Å². The molecule has 1 heterocycles. The number of halogens is 1. The maximum atomic E-state index is 11.2. The summed E-state index contributed by atoms with van der Waals surface area (Å²) < 4.78 is 0. The summed E-state index contributed by atoms with van der Waals surface area (Å²) in [7, 11) is 0. The minimum Gasteiger partial charge on any atom is -0.342 e. The Bertz CT molecular complexity index is 199. The Balaban J connectivity index is 2.23. The van der Waals surface area contributed by atoms with Gasteiger partial charge >= 0.3 is 0 Å². The number of alkyl halides is 1. The van der Waals surface area contributed by atoms with Crippen molar-refractivity contribution in [3.05, 3.63) is 0 Å². The van der Waals surface area contributed by atoms with Crippen LogP contribution in [0, 0.1) is 0 Å². The summed E-state index contributed by atoms with van der Waals surface area (Å²) in [6.45, 7) is 6.87. The largest absolute Gasteiger partial charge is 0.342 e. The molecule has 0 atom stereocenters. The summed E-state index contributed by atoms with van der Waals surface area (Å²) in [4.78, 5) is 15.7. The van der Waals surface area contributed by atoms with Crippen molar-refractivity contribution in [2.45, 2.75) is 26.2 Å². The molecule has 3 nitrogen and oxygen atoms in total. The second kappa shape index (κ2) is 7.23. The average Bonchev–Trinajstić information content (AvgIpc) is 2.44. The molecular formula is C11H21BrN2O. The second-order valence-electron chi connectivity index (χ2n) is 4.10. The molecule has 1 fully saturated rings. The fourth-order valence-corrected chi connectivity index (χ4v) is 2.34. The van der Waals surface area contributed by atoms with Gasteiger partial charge in [-0.25, -0.2) is 0 Å². The topological polar surface area (TPSA) is 23.6 Å². The smallest absolute Gasteiger partial charge is 0.219 e. The minimum absolute atomic E-state index is 0.220. The van der Waals surface area contributed by atoms with Gasteiger partial charge < -0.3 is 9.80 Å². The van der Waals surface area contributed by atoms with Gasteiger partial charge in [0.05, 0.1) is 0 Å². The van der Waals surface area contributed by atoms with Gasteiger partial charge in [-0.1, -0.05) is 15.9 Å². The number of hydrogen-bond donors (Lipinski definition) is 0. The highest BCUT2D eigenvalue weighted by Crippen LogP contribution is 2.05. The predicted molar refractivity (Wildman–Crippen MR) is 66.3 cm³/mol. The van der Waals surface area contributed by atoms with Gasteiger partial charge in [-0.15, -0.1) is 0 Å². The van der Waals surface area contributed by atoms with E-state index >= 15 is 0 Å². The maximum absolute atomic E-state index is 11.2. The highest BCUT2D eigenvalue weighted by molar-refractivity contribution is 9.09. The lowest BCUT2D eigenvalue weighted by Gasteiger charge is -2.20. The Morgan fingerprint density at radius 1 is 1.20 bits per heavy atom.